The number of rotatable bonds is 7. The lowest BCUT2D eigenvalue weighted by Crippen LogP contribution is -2.14. The first-order valence-electron chi connectivity index (χ1n) is 8.92. The van der Waals surface area contributed by atoms with E-state index in [0.717, 1.165) is 0 Å². The molecular formula is C24H25. The van der Waals surface area contributed by atoms with Crippen molar-refractivity contribution in [3.05, 3.63) is 114 Å². The van der Waals surface area contributed by atoms with Gasteiger partial charge in [-0.25, -0.2) is 0 Å². The Morgan fingerprint density at radius 2 is 1.12 bits per heavy atom. The van der Waals surface area contributed by atoms with E-state index in [-0.39, 0.29) is 0 Å². The average molecular weight is 313 g/mol. The maximum atomic E-state index is 2.27. The van der Waals surface area contributed by atoms with E-state index >= 15 is 0 Å². The van der Waals surface area contributed by atoms with E-state index in [1.807, 2.05) is 0 Å². The van der Waals surface area contributed by atoms with Gasteiger partial charge in [-0.05, 0) is 29.0 Å². The standard InChI is InChI=1S/C24H25/c1-2-3-19-23(20-13-7-4-8-14-20)24(21-15-9-5-10-16-21)22-17-11-6-12-18-22/h4-18,23H,2-3,19H2,1H3. The molecule has 0 fully saturated rings. The van der Waals surface area contributed by atoms with Crippen LogP contribution in [0, 0.1) is 5.92 Å². The first-order chi connectivity index (χ1) is 11.9. The molecule has 0 aliphatic heterocycles. The highest BCUT2D eigenvalue weighted by molar-refractivity contribution is 5.51. The summed E-state index contributed by atoms with van der Waals surface area (Å²) in [4.78, 5) is 0. The second-order valence-electron chi connectivity index (χ2n) is 6.25. The Hall–Kier alpha value is -2.34. The molecule has 0 bridgehead atoms. The third kappa shape index (κ3) is 3.94. The molecule has 0 spiro atoms. The van der Waals surface area contributed by atoms with Crippen molar-refractivity contribution in [2.45, 2.75) is 32.1 Å². The Balaban J connectivity index is 2.07. The Morgan fingerprint density at radius 1 is 0.667 bits per heavy atom. The van der Waals surface area contributed by atoms with Crippen molar-refractivity contribution in [3.8, 4) is 0 Å². The molecule has 0 aromatic heterocycles. The predicted octanol–water partition coefficient (Wildman–Crippen LogP) is 6.63. The van der Waals surface area contributed by atoms with Crippen molar-refractivity contribution in [3.63, 3.8) is 0 Å². The summed E-state index contributed by atoms with van der Waals surface area (Å²) in [5.41, 5.74) is 4.07. The van der Waals surface area contributed by atoms with Gasteiger partial charge < -0.3 is 0 Å². The van der Waals surface area contributed by atoms with Gasteiger partial charge in [-0.2, -0.15) is 0 Å². The van der Waals surface area contributed by atoms with Gasteiger partial charge in [0.2, 0.25) is 0 Å². The monoisotopic (exact) mass is 313 g/mol. The minimum atomic E-state index is 0.427. The average Bonchev–Trinajstić information content (AvgIpc) is 2.67. The molecule has 0 nitrogen and oxygen atoms in total. The minimum Gasteiger partial charge on any atom is -0.0654 e. The van der Waals surface area contributed by atoms with Gasteiger partial charge in [0.1, 0.15) is 0 Å². The van der Waals surface area contributed by atoms with Crippen molar-refractivity contribution in [1.29, 1.82) is 0 Å². The molecular weight excluding hydrogens is 288 g/mol. The van der Waals surface area contributed by atoms with Gasteiger partial charge in [0.25, 0.3) is 0 Å². The molecule has 0 saturated carbocycles. The van der Waals surface area contributed by atoms with Crippen LogP contribution in [0.4, 0.5) is 0 Å². The van der Waals surface area contributed by atoms with Gasteiger partial charge in [0, 0.05) is 5.92 Å². The number of benzene rings is 3. The normalized spacial score (nSPS) is 12.2. The van der Waals surface area contributed by atoms with Crippen LogP contribution in [-0.4, -0.2) is 0 Å². The van der Waals surface area contributed by atoms with Gasteiger partial charge in [0.15, 0.2) is 0 Å². The molecule has 1 atom stereocenters. The summed E-state index contributed by atoms with van der Waals surface area (Å²) in [6.45, 7) is 2.27. The highest BCUT2D eigenvalue weighted by Crippen LogP contribution is 2.40. The van der Waals surface area contributed by atoms with E-state index in [9.17, 15) is 0 Å². The fourth-order valence-corrected chi connectivity index (χ4v) is 3.38. The fourth-order valence-electron chi connectivity index (χ4n) is 3.38. The SMILES string of the molecule is CCCCC([C](c1ccccc1)c1ccccc1)c1ccccc1. The Bertz CT molecular complexity index is 661. The number of hydrogen-bond donors (Lipinski definition) is 0. The van der Waals surface area contributed by atoms with Crippen molar-refractivity contribution in [2.75, 3.05) is 0 Å². The molecule has 0 aliphatic rings. The zero-order valence-corrected chi connectivity index (χ0v) is 14.4. The molecule has 3 aromatic rings. The van der Waals surface area contributed by atoms with Crippen LogP contribution in [0.3, 0.4) is 0 Å². The first kappa shape index (κ1) is 16.5. The third-order valence-electron chi connectivity index (χ3n) is 4.57. The van der Waals surface area contributed by atoms with E-state index < -0.39 is 0 Å². The van der Waals surface area contributed by atoms with E-state index in [1.165, 1.54) is 41.9 Å². The zero-order valence-electron chi connectivity index (χ0n) is 14.4. The number of hydrogen-bond acceptors (Lipinski definition) is 0. The van der Waals surface area contributed by atoms with E-state index in [1.54, 1.807) is 0 Å². The van der Waals surface area contributed by atoms with Crippen LogP contribution >= 0.6 is 0 Å². The van der Waals surface area contributed by atoms with Crippen LogP contribution in [0.2, 0.25) is 0 Å². The van der Waals surface area contributed by atoms with Crippen molar-refractivity contribution >= 4 is 0 Å². The first-order valence-corrected chi connectivity index (χ1v) is 8.92. The Kier molecular flexibility index (Phi) is 5.85. The van der Waals surface area contributed by atoms with Crippen molar-refractivity contribution in [2.24, 2.45) is 0 Å². The summed E-state index contributed by atoms with van der Waals surface area (Å²) in [5, 5.41) is 0. The van der Waals surface area contributed by atoms with Crippen LogP contribution in [0.25, 0.3) is 0 Å². The summed E-state index contributed by atoms with van der Waals surface area (Å²) in [7, 11) is 0. The van der Waals surface area contributed by atoms with Gasteiger partial charge >= 0.3 is 0 Å². The van der Waals surface area contributed by atoms with Gasteiger partial charge in [-0.1, -0.05) is 111 Å². The molecule has 0 amide bonds. The molecule has 0 heteroatoms. The molecule has 3 aromatic carbocycles. The summed E-state index contributed by atoms with van der Waals surface area (Å²) in [5.74, 6) is 1.87. The topological polar surface area (TPSA) is 0 Å². The van der Waals surface area contributed by atoms with Gasteiger partial charge in [0.05, 0.1) is 0 Å². The maximum Gasteiger partial charge on any atom is 0.0414 e. The molecule has 121 valence electrons. The molecule has 0 heterocycles. The summed E-state index contributed by atoms with van der Waals surface area (Å²) < 4.78 is 0. The van der Waals surface area contributed by atoms with E-state index in [0.29, 0.717) is 5.92 Å². The third-order valence-corrected chi connectivity index (χ3v) is 4.57. The number of unbranched alkanes of at least 4 members (excludes halogenated alkanes) is 1. The lowest BCUT2D eigenvalue weighted by Gasteiger charge is -2.28. The van der Waals surface area contributed by atoms with Crippen LogP contribution < -0.4 is 0 Å². The smallest absolute Gasteiger partial charge is 0.0414 e. The summed E-state index contributed by atoms with van der Waals surface area (Å²) in [6, 6.07) is 32.7. The van der Waals surface area contributed by atoms with Crippen LogP contribution in [0.5, 0.6) is 0 Å². The second kappa shape index (κ2) is 8.49. The van der Waals surface area contributed by atoms with E-state index in [4.69, 9.17) is 0 Å². The Labute approximate surface area is 146 Å². The molecule has 0 N–H and O–H groups in total. The van der Waals surface area contributed by atoms with Crippen LogP contribution in [-0.2, 0) is 0 Å². The maximum absolute atomic E-state index is 2.27. The summed E-state index contributed by atoms with van der Waals surface area (Å²) in [6.07, 6.45) is 3.64. The molecule has 1 unspecified atom stereocenters. The van der Waals surface area contributed by atoms with Gasteiger partial charge in [-0.3, -0.25) is 0 Å². The summed E-state index contributed by atoms with van der Waals surface area (Å²) >= 11 is 0. The molecule has 1 radical (unpaired) electrons. The highest BCUT2D eigenvalue weighted by atomic mass is 14.3. The lowest BCUT2D eigenvalue weighted by molar-refractivity contribution is 0.615. The fraction of sp³-hybridized carbons (Fsp3) is 0.208. The molecule has 0 saturated heterocycles. The molecule has 24 heavy (non-hydrogen) atoms. The predicted molar refractivity (Wildman–Crippen MR) is 103 cm³/mol. The largest absolute Gasteiger partial charge is 0.0654 e. The molecule has 0 aliphatic carbocycles. The second-order valence-corrected chi connectivity index (χ2v) is 6.25. The lowest BCUT2D eigenvalue weighted by atomic mass is 9.75. The zero-order chi connectivity index (χ0) is 16.6. The van der Waals surface area contributed by atoms with Crippen LogP contribution in [0.15, 0.2) is 91.0 Å². The highest BCUT2D eigenvalue weighted by Gasteiger charge is 2.26. The Morgan fingerprint density at radius 3 is 1.58 bits per heavy atom. The van der Waals surface area contributed by atoms with E-state index in [2.05, 4.69) is 97.9 Å². The van der Waals surface area contributed by atoms with Crippen molar-refractivity contribution < 1.29 is 0 Å². The quantitative estimate of drug-likeness (QED) is 0.459. The van der Waals surface area contributed by atoms with Crippen LogP contribution in [0.1, 0.15) is 48.8 Å². The van der Waals surface area contributed by atoms with Crippen molar-refractivity contribution in [1.82, 2.24) is 0 Å². The minimum absolute atomic E-state index is 0.427. The van der Waals surface area contributed by atoms with Gasteiger partial charge in [-0.15, -0.1) is 0 Å². The molecule has 3 rings (SSSR count).